The third kappa shape index (κ3) is 3.21. The molecule has 0 aliphatic heterocycles. The number of hydrogen-bond acceptors (Lipinski definition) is 3. The van der Waals surface area contributed by atoms with Crippen molar-refractivity contribution < 1.29 is 13.9 Å². The summed E-state index contributed by atoms with van der Waals surface area (Å²) in [7, 11) is 1.34. The van der Waals surface area contributed by atoms with Gasteiger partial charge < -0.3 is 10.1 Å². The second-order valence-corrected chi connectivity index (χ2v) is 5.12. The molecule has 0 bridgehead atoms. The molecule has 0 fully saturated rings. The van der Waals surface area contributed by atoms with Crippen molar-refractivity contribution in [2.75, 3.05) is 12.4 Å². The summed E-state index contributed by atoms with van der Waals surface area (Å²) in [5.74, 6) is -0.784. The van der Waals surface area contributed by atoms with E-state index >= 15 is 0 Å². The summed E-state index contributed by atoms with van der Waals surface area (Å²) < 4.78 is 18.4. The Hall–Kier alpha value is -2.36. The van der Waals surface area contributed by atoms with E-state index in [2.05, 4.69) is 5.32 Å². The third-order valence-electron chi connectivity index (χ3n) is 3.38. The number of rotatable bonds is 4. The van der Waals surface area contributed by atoms with E-state index in [9.17, 15) is 9.18 Å². The Balaban J connectivity index is 2.44. The monoisotopic (exact) mass is 287 g/mol. The number of ether oxygens (including phenoxy) is 1. The molecule has 3 nitrogen and oxygen atoms in total. The highest BCUT2D eigenvalue weighted by atomic mass is 19.1. The predicted octanol–water partition coefficient (Wildman–Crippen LogP) is 3.63. The lowest BCUT2D eigenvalue weighted by Gasteiger charge is -2.29. The van der Waals surface area contributed by atoms with Gasteiger partial charge in [-0.05, 0) is 43.2 Å². The molecule has 1 unspecified atom stereocenters. The van der Waals surface area contributed by atoms with Crippen molar-refractivity contribution in [1.82, 2.24) is 0 Å². The molecule has 0 saturated carbocycles. The summed E-state index contributed by atoms with van der Waals surface area (Å²) in [5, 5.41) is 3.09. The Morgan fingerprint density at radius 2 is 1.86 bits per heavy atom. The van der Waals surface area contributed by atoms with E-state index in [1.807, 2.05) is 30.3 Å². The molecule has 0 saturated heterocycles. The van der Waals surface area contributed by atoms with E-state index in [1.165, 1.54) is 19.2 Å². The minimum Gasteiger partial charge on any atom is -0.467 e. The number of methoxy groups -OCH3 is 1. The molecule has 1 atom stereocenters. The van der Waals surface area contributed by atoms with E-state index in [0.29, 0.717) is 5.69 Å². The molecule has 21 heavy (non-hydrogen) atoms. The first-order chi connectivity index (χ1) is 9.95. The molecular weight excluding hydrogens is 269 g/mol. The third-order valence-corrected chi connectivity index (χ3v) is 3.38. The molecule has 0 amide bonds. The number of anilines is 1. The molecule has 1 N–H and O–H groups in total. The highest BCUT2D eigenvalue weighted by Gasteiger charge is 2.36. The standard InChI is InChI=1S/C17H18FNO2/c1-12-9-14(18)11-15(10-12)19-17(2,16(20)21-3)13-7-5-4-6-8-13/h4-11,19H,1-3H3. The number of carbonyl (C=O) groups excluding carboxylic acids is 1. The highest BCUT2D eigenvalue weighted by molar-refractivity contribution is 5.85. The number of benzene rings is 2. The maximum atomic E-state index is 13.5. The van der Waals surface area contributed by atoms with Crippen molar-refractivity contribution in [1.29, 1.82) is 0 Å². The molecule has 0 spiro atoms. The molecular formula is C17H18FNO2. The number of nitrogens with one attached hydrogen (secondary N) is 1. The molecule has 0 heterocycles. The van der Waals surface area contributed by atoms with Crippen molar-refractivity contribution in [3.8, 4) is 0 Å². The van der Waals surface area contributed by atoms with Crippen LogP contribution in [0.2, 0.25) is 0 Å². The quantitative estimate of drug-likeness (QED) is 0.873. The van der Waals surface area contributed by atoms with Gasteiger partial charge in [0.15, 0.2) is 5.54 Å². The lowest BCUT2D eigenvalue weighted by atomic mass is 9.91. The smallest absolute Gasteiger partial charge is 0.335 e. The molecule has 0 aliphatic carbocycles. The SMILES string of the molecule is COC(=O)C(C)(Nc1cc(C)cc(F)c1)c1ccccc1. The topological polar surface area (TPSA) is 38.3 Å². The Bertz CT molecular complexity index is 622. The van der Waals surface area contributed by atoms with Gasteiger partial charge in [0, 0.05) is 5.69 Å². The summed E-state index contributed by atoms with van der Waals surface area (Å²) in [4.78, 5) is 12.2. The van der Waals surface area contributed by atoms with Gasteiger partial charge in [-0.1, -0.05) is 30.3 Å². The molecule has 2 rings (SSSR count). The fourth-order valence-corrected chi connectivity index (χ4v) is 2.31. The Labute approximate surface area is 123 Å². The van der Waals surface area contributed by atoms with Gasteiger partial charge in [0.2, 0.25) is 0 Å². The molecule has 0 radical (unpaired) electrons. The van der Waals surface area contributed by atoms with Crippen LogP contribution in [0.4, 0.5) is 10.1 Å². The van der Waals surface area contributed by atoms with Crippen LogP contribution >= 0.6 is 0 Å². The molecule has 0 aromatic heterocycles. The average molecular weight is 287 g/mol. The summed E-state index contributed by atoms with van der Waals surface area (Å²) >= 11 is 0. The highest BCUT2D eigenvalue weighted by Crippen LogP contribution is 2.28. The first-order valence-corrected chi connectivity index (χ1v) is 6.65. The van der Waals surface area contributed by atoms with Crippen LogP contribution in [0.15, 0.2) is 48.5 Å². The maximum absolute atomic E-state index is 13.5. The molecule has 4 heteroatoms. The van der Waals surface area contributed by atoms with E-state index in [1.54, 1.807) is 19.9 Å². The van der Waals surface area contributed by atoms with Crippen LogP contribution in [0.1, 0.15) is 18.1 Å². The van der Waals surface area contributed by atoms with Crippen LogP contribution < -0.4 is 5.32 Å². The van der Waals surface area contributed by atoms with Crippen LogP contribution in [0, 0.1) is 12.7 Å². The minimum atomic E-state index is -1.09. The van der Waals surface area contributed by atoms with Crippen molar-refractivity contribution in [2.24, 2.45) is 0 Å². The van der Waals surface area contributed by atoms with Gasteiger partial charge in [0.1, 0.15) is 5.82 Å². The van der Waals surface area contributed by atoms with E-state index in [-0.39, 0.29) is 5.82 Å². The zero-order valence-electron chi connectivity index (χ0n) is 12.3. The number of hydrogen-bond donors (Lipinski definition) is 1. The lowest BCUT2D eigenvalue weighted by Crippen LogP contribution is -2.41. The van der Waals surface area contributed by atoms with Gasteiger partial charge in [-0.3, -0.25) is 0 Å². The normalized spacial score (nSPS) is 13.3. The number of carbonyl (C=O) groups is 1. The van der Waals surface area contributed by atoms with Crippen LogP contribution in [-0.4, -0.2) is 13.1 Å². The number of halogens is 1. The molecule has 2 aromatic rings. The zero-order chi connectivity index (χ0) is 15.5. The van der Waals surface area contributed by atoms with Gasteiger partial charge in [-0.2, -0.15) is 0 Å². The molecule has 110 valence electrons. The maximum Gasteiger partial charge on any atom is 0.335 e. The fraction of sp³-hybridized carbons (Fsp3) is 0.235. The van der Waals surface area contributed by atoms with Crippen LogP contribution in [-0.2, 0) is 15.1 Å². The van der Waals surface area contributed by atoms with E-state index in [4.69, 9.17) is 4.74 Å². The van der Waals surface area contributed by atoms with Gasteiger partial charge in [0.25, 0.3) is 0 Å². The average Bonchev–Trinajstić information content (AvgIpc) is 2.46. The summed E-state index contributed by atoms with van der Waals surface area (Å²) in [6.07, 6.45) is 0. The second kappa shape index (κ2) is 5.95. The van der Waals surface area contributed by atoms with E-state index in [0.717, 1.165) is 11.1 Å². The van der Waals surface area contributed by atoms with Gasteiger partial charge in [-0.25, -0.2) is 9.18 Å². The Morgan fingerprint density at radius 1 is 1.19 bits per heavy atom. The largest absolute Gasteiger partial charge is 0.467 e. The van der Waals surface area contributed by atoms with Crippen molar-refractivity contribution in [3.05, 3.63) is 65.5 Å². The van der Waals surface area contributed by atoms with Gasteiger partial charge in [-0.15, -0.1) is 0 Å². The molecule has 0 aliphatic rings. The van der Waals surface area contributed by atoms with Crippen molar-refractivity contribution in [2.45, 2.75) is 19.4 Å². The summed E-state index contributed by atoms with van der Waals surface area (Å²) in [6.45, 7) is 3.51. The lowest BCUT2D eigenvalue weighted by molar-refractivity contribution is -0.145. The second-order valence-electron chi connectivity index (χ2n) is 5.12. The first kappa shape index (κ1) is 15.0. The van der Waals surface area contributed by atoms with Crippen molar-refractivity contribution >= 4 is 11.7 Å². The predicted molar refractivity (Wildman–Crippen MR) is 80.6 cm³/mol. The van der Waals surface area contributed by atoms with Crippen LogP contribution in [0.5, 0.6) is 0 Å². The van der Waals surface area contributed by atoms with Crippen LogP contribution in [0.3, 0.4) is 0 Å². The fourth-order valence-electron chi connectivity index (χ4n) is 2.31. The summed E-state index contributed by atoms with van der Waals surface area (Å²) in [6, 6.07) is 13.8. The van der Waals surface area contributed by atoms with Gasteiger partial charge in [0.05, 0.1) is 7.11 Å². The van der Waals surface area contributed by atoms with Crippen LogP contribution in [0.25, 0.3) is 0 Å². The zero-order valence-corrected chi connectivity index (χ0v) is 12.3. The minimum absolute atomic E-state index is 0.349. The Kier molecular flexibility index (Phi) is 4.26. The van der Waals surface area contributed by atoms with Crippen molar-refractivity contribution in [3.63, 3.8) is 0 Å². The molecule has 2 aromatic carbocycles. The van der Waals surface area contributed by atoms with Gasteiger partial charge >= 0.3 is 5.97 Å². The Morgan fingerprint density at radius 3 is 2.43 bits per heavy atom. The first-order valence-electron chi connectivity index (χ1n) is 6.65. The summed E-state index contributed by atoms with van der Waals surface area (Å²) in [5.41, 5.74) is 0.969. The number of esters is 1. The number of aryl methyl sites for hydroxylation is 1. The van der Waals surface area contributed by atoms with E-state index < -0.39 is 11.5 Å².